The monoisotopic (exact) mass is 213 g/mol. The van der Waals surface area contributed by atoms with Crippen molar-refractivity contribution >= 4 is 0 Å². The van der Waals surface area contributed by atoms with E-state index in [1.807, 2.05) is 0 Å². The Bertz CT molecular complexity index is 198. The standard InChI is InChI=1S/C12H23NO2/c14-9-10-5-3-4-8-13(10)11-6-1-2-7-12(11)15/h10-12,14-15H,1-9H2/t10?,11-,12-/m0/s1. The summed E-state index contributed by atoms with van der Waals surface area (Å²) in [7, 11) is 0. The maximum absolute atomic E-state index is 10.0. The normalized spacial score (nSPS) is 39.2. The molecule has 15 heavy (non-hydrogen) atoms. The summed E-state index contributed by atoms with van der Waals surface area (Å²) in [5, 5.41) is 19.4. The molecule has 0 aromatic rings. The molecule has 88 valence electrons. The molecule has 1 aliphatic heterocycles. The lowest BCUT2D eigenvalue weighted by atomic mass is 9.88. The Labute approximate surface area is 92.1 Å². The quantitative estimate of drug-likeness (QED) is 0.723. The molecule has 2 rings (SSSR count). The van der Waals surface area contributed by atoms with Gasteiger partial charge in [0.1, 0.15) is 0 Å². The molecule has 0 radical (unpaired) electrons. The van der Waals surface area contributed by atoms with Crippen LogP contribution in [0.2, 0.25) is 0 Å². The molecule has 0 bridgehead atoms. The van der Waals surface area contributed by atoms with Gasteiger partial charge in [-0.25, -0.2) is 0 Å². The van der Waals surface area contributed by atoms with Crippen LogP contribution in [0.15, 0.2) is 0 Å². The van der Waals surface area contributed by atoms with Crippen molar-refractivity contribution in [1.82, 2.24) is 4.90 Å². The number of nitrogens with zero attached hydrogens (tertiary/aromatic N) is 1. The molecular weight excluding hydrogens is 190 g/mol. The lowest BCUT2D eigenvalue weighted by Gasteiger charge is -2.44. The van der Waals surface area contributed by atoms with Crippen LogP contribution >= 0.6 is 0 Å². The molecule has 3 atom stereocenters. The van der Waals surface area contributed by atoms with E-state index in [2.05, 4.69) is 4.90 Å². The van der Waals surface area contributed by atoms with Crippen molar-refractivity contribution in [2.75, 3.05) is 13.2 Å². The average molecular weight is 213 g/mol. The van der Waals surface area contributed by atoms with Crippen LogP contribution in [-0.4, -0.2) is 46.5 Å². The Morgan fingerprint density at radius 3 is 2.47 bits per heavy atom. The van der Waals surface area contributed by atoms with E-state index in [1.165, 1.54) is 19.3 Å². The number of hydrogen-bond acceptors (Lipinski definition) is 3. The van der Waals surface area contributed by atoms with E-state index in [9.17, 15) is 10.2 Å². The summed E-state index contributed by atoms with van der Waals surface area (Å²) < 4.78 is 0. The van der Waals surface area contributed by atoms with Crippen molar-refractivity contribution in [2.24, 2.45) is 0 Å². The van der Waals surface area contributed by atoms with Crippen LogP contribution < -0.4 is 0 Å². The second-order valence-electron chi connectivity index (χ2n) is 4.99. The lowest BCUT2D eigenvalue weighted by Crippen LogP contribution is -2.53. The molecule has 2 N–H and O–H groups in total. The summed E-state index contributed by atoms with van der Waals surface area (Å²) >= 11 is 0. The fraction of sp³-hybridized carbons (Fsp3) is 1.00. The molecule has 1 saturated carbocycles. The second kappa shape index (κ2) is 5.28. The van der Waals surface area contributed by atoms with Gasteiger partial charge in [-0.15, -0.1) is 0 Å². The van der Waals surface area contributed by atoms with Gasteiger partial charge < -0.3 is 10.2 Å². The highest BCUT2D eigenvalue weighted by Crippen LogP contribution is 2.28. The number of piperidine rings is 1. The Hall–Kier alpha value is -0.120. The number of hydrogen-bond donors (Lipinski definition) is 2. The highest BCUT2D eigenvalue weighted by Gasteiger charge is 2.33. The van der Waals surface area contributed by atoms with Gasteiger partial charge in [0, 0.05) is 12.1 Å². The van der Waals surface area contributed by atoms with Crippen molar-refractivity contribution in [3.63, 3.8) is 0 Å². The fourth-order valence-electron chi connectivity index (χ4n) is 3.13. The van der Waals surface area contributed by atoms with Crippen molar-refractivity contribution in [1.29, 1.82) is 0 Å². The smallest absolute Gasteiger partial charge is 0.0695 e. The van der Waals surface area contributed by atoms with Gasteiger partial charge in [0.05, 0.1) is 12.7 Å². The largest absolute Gasteiger partial charge is 0.395 e. The average Bonchev–Trinajstić information content (AvgIpc) is 2.30. The molecule has 3 nitrogen and oxygen atoms in total. The lowest BCUT2D eigenvalue weighted by molar-refractivity contribution is -0.0283. The predicted molar refractivity (Wildman–Crippen MR) is 59.7 cm³/mol. The minimum absolute atomic E-state index is 0.161. The number of rotatable bonds is 2. The SMILES string of the molecule is OCC1CCCCN1[C@H]1CCCC[C@@H]1O. The van der Waals surface area contributed by atoms with Gasteiger partial charge in [-0.1, -0.05) is 19.3 Å². The first kappa shape index (κ1) is 11.4. The van der Waals surface area contributed by atoms with Gasteiger partial charge in [-0.05, 0) is 32.2 Å². The third kappa shape index (κ3) is 2.52. The third-order valence-electron chi connectivity index (χ3n) is 4.00. The van der Waals surface area contributed by atoms with Crippen molar-refractivity contribution < 1.29 is 10.2 Å². The van der Waals surface area contributed by atoms with Gasteiger partial charge in [-0.2, -0.15) is 0 Å². The van der Waals surface area contributed by atoms with Gasteiger partial charge in [0.2, 0.25) is 0 Å². The van der Waals surface area contributed by atoms with Gasteiger partial charge in [0.15, 0.2) is 0 Å². The summed E-state index contributed by atoms with van der Waals surface area (Å²) in [6.45, 7) is 1.32. The van der Waals surface area contributed by atoms with E-state index in [0.29, 0.717) is 12.1 Å². The molecule has 1 unspecified atom stereocenters. The second-order valence-corrected chi connectivity index (χ2v) is 4.99. The van der Waals surface area contributed by atoms with Crippen molar-refractivity contribution in [3.8, 4) is 0 Å². The Kier molecular flexibility index (Phi) is 4.00. The number of aliphatic hydroxyl groups excluding tert-OH is 2. The van der Waals surface area contributed by atoms with Crippen LogP contribution in [0.25, 0.3) is 0 Å². The van der Waals surface area contributed by atoms with Gasteiger partial charge in [-0.3, -0.25) is 4.90 Å². The van der Waals surface area contributed by atoms with E-state index in [4.69, 9.17) is 0 Å². The topological polar surface area (TPSA) is 43.7 Å². The predicted octanol–water partition coefficient (Wildman–Crippen LogP) is 1.14. The van der Waals surface area contributed by atoms with Crippen LogP contribution in [-0.2, 0) is 0 Å². The minimum atomic E-state index is -0.161. The summed E-state index contributed by atoms with van der Waals surface area (Å²) in [5.41, 5.74) is 0. The number of likely N-dealkylation sites (tertiary alicyclic amines) is 1. The van der Waals surface area contributed by atoms with Gasteiger partial charge in [0.25, 0.3) is 0 Å². The van der Waals surface area contributed by atoms with Crippen molar-refractivity contribution in [3.05, 3.63) is 0 Å². The van der Waals surface area contributed by atoms with Crippen LogP contribution in [0.5, 0.6) is 0 Å². The highest BCUT2D eigenvalue weighted by molar-refractivity contribution is 4.88. The zero-order chi connectivity index (χ0) is 10.7. The van der Waals surface area contributed by atoms with E-state index in [-0.39, 0.29) is 12.7 Å². The third-order valence-corrected chi connectivity index (χ3v) is 4.00. The molecule has 1 saturated heterocycles. The molecule has 0 amide bonds. The molecule has 0 aromatic carbocycles. The molecule has 2 aliphatic rings. The summed E-state index contributed by atoms with van der Waals surface area (Å²) in [6.07, 6.45) is 7.83. The molecule has 0 spiro atoms. The number of aliphatic hydroxyl groups is 2. The summed E-state index contributed by atoms with van der Waals surface area (Å²) in [5.74, 6) is 0. The highest BCUT2D eigenvalue weighted by atomic mass is 16.3. The van der Waals surface area contributed by atoms with Crippen molar-refractivity contribution in [2.45, 2.75) is 63.1 Å². The first-order valence-electron chi connectivity index (χ1n) is 6.37. The molecule has 1 heterocycles. The zero-order valence-corrected chi connectivity index (χ0v) is 9.44. The Morgan fingerprint density at radius 2 is 1.73 bits per heavy atom. The van der Waals surface area contributed by atoms with Gasteiger partial charge >= 0.3 is 0 Å². The molecule has 2 fully saturated rings. The summed E-state index contributed by atoms with van der Waals surface area (Å²) in [6, 6.07) is 0.618. The van der Waals surface area contributed by atoms with E-state index < -0.39 is 0 Å². The molecule has 1 aliphatic carbocycles. The van der Waals surface area contributed by atoms with Crippen LogP contribution in [0.3, 0.4) is 0 Å². The molecular formula is C12H23NO2. The zero-order valence-electron chi connectivity index (χ0n) is 9.44. The van der Waals surface area contributed by atoms with E-state index >= 15 is 0 Å². The first-order chi connectivity index (χ1) is 7.33. The minimum Gasteiger partial charge on any atom is -0.395 e. The van der Waals surface area contributed by atoms with Crippen LogP contribution in [0.1, 0.15) is 44.9 Å². The maximum Gasteiger partial charge on any atom is 0.0695 e. The molecule has 3 heteroatoms. The Morgan fingerprint density at radius 1 is 1.00 bits per heavy atom. The fourth-order valence-corrected chi connectivity index (χ4v) is 3.13. The Balaban J connectivity index is 1.99. The van der Waals surface area contributed by atoms with Crippen LogP contribution in [0, 0.1) is 0 Å². The maximum atomic E-state index is 10.0. The first-order valence-corrected chi connectivity index (χ1v) is 6.37. The summed E-state index contributed by atoms with van der Waals surface area (Å²) in [4.78, 5) is 2.37. The van der Waals surface area contributed by atoms with E-state index in [1.54, 1.807) is 0 Å². The molecule has 0 aromatic heterocycles. The van der Waals surface area contributed by atoms with E-state index in [0.717, 1.165) is 32.2 Å². The van der Waals surface area contributed by atoms with Crippen LogP contribution in [0.4, 0.5) is 0 Å².